The van der Waals surface area contributed by atoms with Crippen molar-refractivity contribution in [1.82, 2.24) is 10.2 Å². The molecule has 0 saturated carbocycles. The molecule has 2 aromatic carbocycles. The maximum Gasteiger partial charge on any atom is 0.234 e. The van der Waals surface area contributed by atoms with Crippen molar-refractivity contribution >= 4 is 16.7 Å². The topological polar surface area (TPSA) is 32.3 Å². The maximum atomic E-state index is 11.9. The minimum Gasteiger partial charge on any atom is -0.353 e. The van der Waals surface area contributed by atoms with Crippen LogP contribution in [0.4, 0.5) is 0 Å². The van der Waals surface area contributed by atoms with Crippen LogP contribution in [0, 0.1) is 0 Å². The highest BCUT2D eigenvalue weighted by Crippen LogP contribution is 2.19. The highest BCUT2D eigenvalue weighted by atomic mass is 16.2. The van der Waals surface area contributed by atoms with Crippen molar-refractivity contribution in [3.63, 3.8) is 0 Å². The first-order chi connectivity index (χ1) is 10.1. The number of benzene rings is 2. The van der Waals surface area contributed by atoms with Crippen LogP contribution >= 0.6 is 0 Å². The van der Waals surface area contributed by atoms with Gasteiger partial charge < -0.3 is 5.32 Å². The van der Waals surface area contributed by atoms with Crippen LogP contribution in [0.5, 0.6) is 0 Å². The Labute approximate surface area is 127 Å². The van der Waals surface area contributed by atoms with Crippen molar-refractivity contribution in [2.24, 2.45) is 0 Å². The van der Waals surface area contributed by atoms with E-state index in [9.17, 15) is 4.79 Å². The largest absolute Gasteiger partial charge is 0.353 e. The molecule has 0 unspecified atom stereocenters. The summed E-state index contributed by atoms with van der Waals surface area (Å²) in [6.45, 7) is 8.15. The number of hydrogen-bond acceptors (Lipinski definition) is 2. The van der Waals surface area contributed by atoms with Crippen LogP contribution in [-0.4, -0.2) is 29.9 Å². The normalized spacial score (nSPS) is 11.3. The summed E-state index contributed by atoms with van der Waals surface area (Å²) in [4.78, 5) is 14.1. The number of rotatable bonds is 6. The van der Waals surface area contributed by atoms with E-state index in [1.165, 1.54) is 16.3 Å². The van der Waals surface area contributed by atoms with Crippen molar-refractivity contribution in [1.29, 1.82) is 0 Å². The molecule has 2 aromatic rings. The van der Waals surface area contributed by atoms with Gasteiger partial charge in [0.15, 0.2) is 0 Å². The van der Waals surface area contributed by atoms with Crippen LogP contribution in [-0.2, 0) is 11.3 Å². The Hall–Kier alpha value is -1.87. The summed E-state index contributed by atoms with van der Waals surface area (Å²) in [6.07, 6.45) is 0. The fourth-order valence-electron chi connectivity index (χ4n) is 2.52. The summed E-state index contributed by atoms with van der Waals surface area (Å²) < 4.78 is 0. The molecule has 0 heterocycles. The van der Waals surface area contributed by atoms with Crippen LogP contribution in [0.15, 0.2) is 42.5 Å². The molecule has 0 spiro atoms. The fourth-order valence-corrected chi connectivity index (χ4v) is 2.52. The summed E-state index contributed by atoms with van der Waals surface area (Å²) in [5.41, 5.74) is 1.27. The van der Waals surface area contributed by atoms with E-state index in [0.717, 1.165) is 13.1 Å². The predicted octanol–water partition coefficient (Wildman–Crippen LogP) is 3.19. The standard InChI is InChI=1S/C18H24N2O/c1-4-20(13-18(21)19-14(2)3)12-16-10-7-9-15-8-5-6-11-17(15)16/h5-11,14H,4,12-13H2,1-3H3,(H,19,21). The first kappa shape index (κ1) is 15.5. The summed E-state index contributed by atoms with van der Waals surface area (Å²) in [6, 6.07) is 14.9. The molecule has 1 amide bonds. The van der Waals surface area contributed by atoms with Gasteiger partial charge in [-0.05, 0) is 36.7 Å². The Bertz CT molecular complexity index is 602. The van der Waals surface area contributed by atoms with E-state index in [2.05, 4.69) is 59.6 Å². The number of nitrogens with one attached hydrogen (secondary N) is 1. The molecule has 3 heteroatoms. The zero-order valence-corrected chi connectivity index (χ0v) is 13.1. The van der Waals surface area contributed by atoms with Gasteiger partial charge in [-0.15, -0.1) is 0 Å². The number of nitrogens with zero attached hydrogens (tertiary/aromatic N) is 1. The molecule has 0 aliphatic heterocycles. The van der Waals surface area contributed by atoms with Gasteiger partial charge in [-0.25, -0.2) is 0 Å². The van der Waals surface area contributed by atoms with Gasteiger partial charge in [0.1, 0.15) is 0 Å². The molecule has 0 fully saturated rings. The lowest BCUT2D eigenvalue weighted by Gasteiger charge is -2.21. The van der Waals surface area contributed by atoms with Gasteiger partial charge in [0.2, 0.25) is 5.91 Å². The lowest BCUT2D eigenvalue weighted by Crippen LogP contribution is -2.39. The van der Waals surface area contributed by atoms with Crippen molar-refractivity contribution < 1.29 is 4.79 Å². The van der Waals surface area contributed by atoms with E-state index in [1.54, 1.807) is 0 Å². The second kappa shape index (κ2) is 7.23. The van der Waals surface area contributed by atoms with Gasteiger partial charge in [-0.1, -0.05) is 49.4 Å². The third kappa shape index (κ3) is 4.30. The van der Waals surface area contributed by atoms with E-state index in [1.807, 2.05) is 13.8 Å². The summed E-state index contributed by atoms with van der Waals surface area (Å²) in [7, 11) is 0. The van der Waals surface area contributed by atoms with Gasteiger partial charge in [0, 0.05) is 12.6 Å². The Morgan fingerprint density at radius 2 is 1.86 bits per heavy atom. The third-order valence-electron chi connectivity index (χ3n) is 3.54. The molecule has 0 saturated heterocycles. The molecule has 0 bridgehead atoms. The second-order valence-corrected chi connectivity index (χ2v) is 5.66. The first-order valence-electron chi connectivity index (χ1n) is 7.58. The summed E-state index contributed by atoms with van der Waals surface area (Å²) in [5.74, 6) is 0.0899. The van der Waals surface area contributed by atoms with Gasteiger partial charge in [0.05, 0.1) is 6.54 Å². The SMILES string of the molecule is CCN(CC(=O)NC(C)C)Cc1cccc2ccccc12. The number of amides is 1. The minimum absolute atomic E-state index is 0.0899. The van der Waals surface area contributed by atoms with E-state index in [4.69, 9.17) is 0 Å². The lowest BCUT2D eigenvalue weighted by atomic mass is 10.0. The van der Waals surface area contributed by atoms with E-state index in [-0.39, 0.29) is 11.9 Å². The molecule has 3 nitrogen and oxygen atoms in total. The maximum absolute atomic E-state index is 11.9. The van der Waals surface area contributed by atoms with E-state index < -0.39 is 0 Å². The molecule has 0 aliphatic rings. The first-order valence-corrected chi connectivity index (χ1v) is 7.58. The van der Waals surface area contributed by atoms with Gasteiger partial charge in [-0.3, -0.25) is 9.69 Å². The van der Waals surface area contributed by atoms with Crippen LogP contribution in [0.25, 0.3) is 10.8 Å². The fraction of sp³-hybridized carbons (Fsp3) is 0.389. The Balaban J connectivity index is 2.12. The molecule has 2 rings (SSSR count). The predicted molar refractivity (Wildman–Crippen MR) is 88.2 cm³/mol. The highest BCUT2D eigenvalue weighted by Gasteiger charge is 2.11. The van der Waals surface area contributed by atoms with Crippen molar-refractivity contribution in [2.45, 2.75) is 33.4 Å². The molecular formula is C18H24N2O. The molecule has 0 atom stereocenters. The number of hydrogen-bond donors (Lipinski definition) is 1. The average Bonchev–Trinajstić information content (AvgIpc) is 2.46. The monoisotopic (exact) mass is 284 g/mol. The summed E-state index contributed by atoms with van der Waals surface area (Å²) >= 11 is 0. The Morgan fingerprint density at radius 3 is 2.57 bits per heavy atom. The zero-order chi connectivity index (χ0) is 15.2. The average molecular weight is 284 g/mol. The molecular weight excluding hydrogens is 260 g/mol. The molecule has 1 N–H and O–H groups in total. The molecule has 0 aliphatic carbocycles. The number of fused-ring (bicyclic) bond motifs is 1. The Kier molecular flexibility index (Phi) is 5.34. The number of carbonyl (C=O) groups is 1. The van der Waals surface area contributed by atoms with E-state index >= 15 is 0 Å². The smallest absolute Gasteiger partial charge is 0.234 e. The quantitative estimate of drug-likeness (QED) is 0.883. The van der Waals surface area contributed by atoms with Gasteiger partial charge in [0.25, 0.3) is 0 Å². The van der Waals surface area contributed by atoms with Crippen molar-refractivity contribution in [3.05, 3.63) is 48.0 Å². The van der Waals surface area contributed by atoms with Crippen LogP contribution in [0.3, 0.4) is 0 Å². The van der Waals surface area contributed by atoms with Crippen molar-refractivity contribution in [2.75, 3.05) is 13.1 Å². The van der Waals surface area contributed by atoms with E-state index in [0.29, 0.717) is 6.54 Å². The second-order valence-electron chi connectivity index (χ2n) is 5.66. The molecule has 0 radical (unpaired) electrons. The van der Waals surface area contributed by atoms with Crippen LogP contribution in [0.2, 0.25) is 0 Å². The van der Waals surface area contributed by atoms with Gasteiger partial charge in [-0.2, -0.15) is 0 Å². The molecule has 21 heavy (non-hydrogen) atoms. The van der Waals surface area contributed by atoms with Crippen LogP contribution in [0.1, 0.15) is 26.3 Å². The number of carbonyl (C=O) groups excluding carboxylic acids is 1. The van der Waals surface area contributed by atoms with Crippen molar-refractivity contribution in [3.8, 4) is 0 Å². The summed E-state index contributed by atoms with van der Waals surface area (Å²) in [5, 5.41) is 5.46. The minimum atomic E-state index is 0.0899. The molecule has 112 valence electrons. The number of likely N-dealkylation sites (N-methyl/N-ethyl adjacent to an activating group) is 1. The van der Waals surface area contributed by atoms with Gasteiger partial charge >= 0.3 is 0 Å². The van der Waals surface area contributed by atoms with Crippen LogP contribution < -0.4 is 5.32 Å². The lowest BCUT2D eigenvalue weighted by molar-refractivity contribution is -0.122. The third-order valence-corrected chi connectivity index (χ3v) is 3.54. The zero-order valence-electron chi connectivity index (χ0n) is 13.1. The Morgan fingerprint density at radius 1 is 1.14 bits per heavy atom. The molecule has 0 aromatic heterocycles. The highest BCUT2D eigenvalue weighted by molar-refractivity contribution is 5.85.